The van der Waals surface area contributed by atoms with Gasteiger partial charge in [0.2, 0.25) is 0 Å². The molecule has 84 valence electrons. The van der Waals surface area contributed by atoms with Crippen LogP contribution in [0.3, 0.4) is 0 Å². The first kappa shape index (κ1) is 9.92. The molecule has 1 aromatic carbocycles. The molecule has 1 aliphatic carbocycles. The van der Waals surface area contributed by atoms with E-state index in [9.17, 15) is 4.79 Å². The smallest absolute Gasteiger partial charge is 0.151 e. The maximum atomic E-state index is 11.8. The first-order valence-electron chi connectivity index (χ1n) is 5.70. The van der Waals surface area contributed by atoms with Crippen LogP contribution in [0.15, 0.2) is 29.2 Å². The van der Waals surface area contributed by atoms with Gasteiger partial charge in [0, 0.05) is 9.58 Å². The summed E-state index contributed by atoms with van der Waals surface area (Å²) in [4.78, 5) is 14.4. The van der Waals surface area contributed by atoms with Gasteiger partial charge in [0.15, 0.2) is 5.78 Å². The quantitative estimate of drug-likeness (QED) is 0.716. The van der Waals surface area contributed by atoms with E-state index in [1.54, 1.807) is 11.8 Å². The number of fused-ring (bicyclic) bond motifs is 4. The Hall–Kier alpha value is -1.06. The second kappa shape index (κ2) is 3.47. The van der Waals surface area contributed by atoms with Crippen molar-refractivity contribution in [2.45, 2.75) is 6.42 Å². The molecule has 2 aromatic rings. The summed E-state index contributed by atoms with van der Waals surface area (Å²) in [6.07, 6.45) is 3.17. The lowest BCUT2D eigenvalue weighted by Gasteiger charge is -2.15. The van der Waals surface area contributed by atoms with E-state index in [4.69, 9.17) is 0 Å². The van der Waals surface area contributed by atoms with Gasteiger partial charge in [-0.3, -0.25) is 4.79 Å². The number of thioether (sulfide) groups is 1. The van der Waals surface area contributed by atoms with Crippen molar-refractivity contribution in [1.29, 1.82) is 0 Å². The third-order valence-corrected chi connectivity index (χ3v) is 5.87. The molecule has 1 saturated heterocycles. The fraction of sp³-hybridized carbons (Fsp3) is 0.214. The molecule has 0 amide bonds. The highest BCUT2D eigenvalue weighted by Gasteiger charge is 2.34. The summed E-state index contributed by atoms with van der Waals surface area (Å²) in [7, 11) is 0. The summed E-state index contributed by atoms with van der Waals surface area (Å²) in [5.74, 6) is 1.24. The van der Waals surface area contributed by atoms with Gasteiger partial charge in [-0.25, -0.2) is 0 Å². The van der Waals surface area contributed by atoms with Crippen molar-refractivity contribution in [2.24, 2.45) is 5.92 Å². The number of benzene rings is 1. The van der Waals surface area contributed by atoms with Crippen molar-refractivity contribution in [1.82, 2.24) is 0 Å². The van der Waals surface area contributed by atoms with Gasteiger partial charge >= 0.3 is 0 Å². The average molecular weight is 258 g/mol. The normalized spacial score (nSPS) is 22.5. The summed E-state index contributed by atoms with van der Waals surface area (Å²) in [6.45, 7) is 0. The predicted molar refractivity (Wildman–Crippen MR) is 74.5 cm³/mol. The molecule has 1 aromatic heterocycles. The van der Waals surface area contributed by atoms with Crippen molar-refractivity contribution >= 4 is 45.0 Å². The highest BCUT2D eigenvalue weighted by molar-refractivity contribution is 8.04. The van der Waals surface area contributed by atoms with E-state index in [1.165, 1.54) is 25.4 Å². The number of carbonyl (C=O) groups excluding carboxylic acids is 1. The van der Waals surface area contributed by atoms with Gasteiger partial charge in [-0.05, 0) is 34.4 Å². The monoisotopic (exact) mass is 258 g/mol. The Kier molecular flexibility index (Phi) is 2.02. The largest absolute Gasteiger partial charge is 0.298 e. The van der Waals surface area contributed by atoms with Gasteiger partial charge in [0.05, 0.1) is 11.7 Å². The minimum atomic E-state index is 0.167. The summed E-state index contributed by atoms with van der Waals surface area (Å²) < 4.78 is 1.34. The van der Waals surface area contributed by atoms with E-state index in [-0.39, 0.29) is 5.92 Å². The van der Waals surface area contributed by atoms with Crippen molar-refractivity contribution in [3.05, 3.63) is 39.6 Å². The molecule has 1 unspecified atom stereocenters. The Morgan fingerprint density at radius 3 is 3.06 bits per heavy atom. The SMILES string of the molecule is O=C1CSC2=Cc3c(sc4ccccc34)CC12. The fourth-order valence-electron chi connectivity index (χ4n) is 2.62. The van der Waals surface area contributed by atoms with Crippen LogP contribution >= 0.6 is 23.1 Å². The first-order chi connectivity index (χ1) is 8.33. The molecule has 2 aliphatic rings. The van der Waals surface area contributed by atoms with Crippen LogP contribution in [0, 0.1) is 5.92 Å². The number of carbonyl (C=O) groups is 1. The Balaban J connectivity index is 1.97. The zero-order chi connectivity index (χ0) is 11.4. The van der Waals surface area contributed by atoms with E-state index >= 15 is 0 Å². The maximum absolute atomic E-state index is 11.8. The third kappa shape index (κ3) is 1.36. The summed E-state index contributed by atoms with van der Waals surface area (Å²) >= 11 is 3.57. The van der Waals surface area contributed by atoms with E-state index in [0.717, 1.165) is 6.42 Å². The van der Waals surface area contributed by atoms with Crippen LogP contribution < -0.4 is 0 Å². The van der Waals surface area contributed by atoms with Crippen LogP contribution in [0.25, 0.3) is 16.2 Å². The van der Waals surface area contributed by atoms with E-state index in [0.29, 0.717) is 11.5 Å². The molecule has 2 heterocycles. The Labute approximate surface area is 108 Å². The van der Waals surface area contributed by atoms with Crippen molar-refractivity contribution in [3.8, 4) is 0 Å². The number of Topliss-reactive ketones (excluding diaryl/α,β-unsaturated/α-hetero) is 1. The van der Waals surface area contributed by atoms with Crippen molar-refractivity contribution in [2.75, 3.05) is 5.75 Å². The molecular weight excluding hydrogens is 248 g/mol. The molecule has 4 rings (SSSR count). The number of thiophene rings is 1. The van der Waals surface area contributed by atoms with E-state index in [1.807, 2.05) is 11.3 Å². The lowest BCUT2D eigenvalue weighted by atomic mass is 9.91. The molecule has 0 bridgehead atoms. The lowest BCUT2D eigenvalue weighted by molar-refractivity contribution is -0.118. The number of ketones is 1. The fourth-order valence-corrected chi connectivity index (χ4v) is 4.98. The summed E-state index contributed by atoms with van der Waals surface area (Å²) in [5.41, 5.74) is 1.36. The summed E-state index contributed by atoms with van der Waals surface area (Å²) in [5, 5.41) is 1.35. The number of rotatable bonds is 0. The maximum Gasteiger partial charge on any atom is 0.151 e. The predicted octanol–water partition coefficient (Wildman–Crippen LogP) is 3.73. The minimum absolute atomic E-state index is 0.167. The van der Waals surface area contributed by atoms with Crippen molar-refractivity contribution in [3.63, 3.8) is 0 Å². The van der Waals surface area contributed by atoms with Gasteiger partial charge < -0.3 is 0 Å². The Morgan fingerprint density at radius 1 is 1.24 bits per heavy atom. The zero-order valence-corrected chi connectivity index (χ0v) is 10.7. The van der Waals surface area contributed by atoms with Crippen LogP contribution in [0.5, 0.6) is 0 Å². The third-order valence-electron chi connectivity index (χ3n) is 3.50. The molecule has 1 aliphatic heterocycles. The van der Waals surface area contributed by atoms with E-state index < -0.39 is 0 Å². The Bertz CT molecular complexity index is 666. The number of hydrogen-bond acceptors (Lipinski definition) is 3. The lowest BCUT2D eigenvalue weighted by Crippen LogP contribution is -2.15. The molecule has 0 spiro atoms. The second-order valence-electron chi connectivity index (χ2n) is 4.49. The molecule has 0 radical (unpaired) electrons. The Morgan fingerprint density at radius 2 is 2.12 bits per heavy atom. The molecule has 1 atom stereocenters. The summed E-state index contributed by atoms with van der Waals surface area (Å²) in [6, 6.07) is 8.52. The standard InChI is InChI=1S/C14H10OS2/c15-11-7-16-13-5-9-8-3-1-2-4-12(8)17-14(9)6-10(11)13/h1-5,10H,6-7H2. The van der Waals surface area contributed by atoms with Gasteiger partial charge in [-0.15, -0.1) is 23.1 Å². The number of hydrogen-bond donors (Lipinski definition) is 0. The van der Waals surface area contributed by atoms with Crippen LogP contribution in [0.4, 0.5) is 0 Å². The number of allylic oxidation sites excluding steroid dienone is 1. The average Bonchev–Trinajstić information content (AvgIpc) is 2.88. The van der Waals surface area contributed by atoms with Crippen LogP contribution in [-0.4, -0.2) is 11.5 Å². The molecule has 1 fully saturated rings. The van der Waals surface area contributed by atoms with Crippen LogP contribution in [0.1, 0.15) is 10.4 Å². The molecule has 3 heteroatoms. The van der Waals surface area contributed by atoms with Crippen LogP contribution in [-0.2, 0) is 11.2 Å². The molecular formula is C14H10OS2. The van der Waals surface area contributed by atoms with Crippen LogP contribution in [0.2, 0.25) is 0 Å². The molecule has 0 saturated carbocycles. The second-order valence-corrected chi connectivity index (χ2v) is 6.68. The van der Waals surface area contributed by atoms with Crippen molar-refractivity contribution < 1.29 is 4.79 Å². The minimum Gasteiger partial charge on any atom is -0.298 e. The topological polar surface area (TPSA) is 17.1 Å². The molecule has 0 N–H and O–H groups in total. The highest BCUT2D eigenvalue weighted by Crippen LogP contribution is 2.45. The van der Waals surface area contributed by atoms with E-state index in [2.05, 4.69) is 30.3 Å². The van der Waals surface area contributed by atoms with Gasteiger partial charge in [-0.2, -0.15) is 0 Å². The molecule has 17 heavy (non-hydrogen) atoms. The van der Waals surface area contributed by atoms with Gasteiger partial charge in [0.1, 0.15) is 0 Å². The molecule has 1 nitrogen and oxygen atoms in total. The first-order valence-corrected chi connectivity index (χ1v) is 7.50. The van der Waals surface area contributed by atoms with Gasteiger partial charge in [0.25, 0.3) is 0 Å². The van der Waals surface area contributed by atoms with Gasteiger partial charge in [-0.1, -0.05) is 18.2 Å². The zero-order valence-electron chi connectivity index (χ0n) is 9.10. The highest BCUT2D eigenvalue weighted by atomic mass is 32.2.